The van der Waals surface area contributed by atoms with Gasteiger partial charge in [-0.25, -0.2) is 4.79 Å². The van der Waals surface area contributed by atoms with Crippen LogP contribution in [0.15, 0.2) is 0 Å². The van der Waals surface area contributed by atoms with Gasteiger partial charge >= 0.3 is 6.09 Å². The van der Waals surface area contributed by atoms with Gasteiger partial charge in [0, 0.05) is 26.4 Å². The first-order valence-corrected chi connectivity index (χ1v) is 10.6. The van der Waals surface area contributed by atoms with Gasteiger partial charge in [0.2, 0.25) is 23.6 Å². The van der Waals surface area contributed by atoms with Crippen molar-refractivity contribution in [2.45, 2.75) is 66.5 Å². The number of nitrogens with one attached hydrogen (secondary N) is 1. The van der Waals surface area contributed by atoms with Crippen LogP contribution in [0.3, 0.4) is 0 Å². The fourth-order valence-electron chi connectivity index (χ4n) is 3.48. The molecule has 2 saturated heterocycles. The van der Waals surface area contributed by atoms with Crippen LogP contribution >= 0.6 is 0 Å². The normalized spacial score (nSPS) is 24.5. The predicted molar refractivity (Wildman–Crippen MR) is 115 cm³/mol. The lowest BCUT2D eigenvalue weighted by Gasteiger charge is -2.26. The number of rotatable bonds is 4. The van der Waals surface area contributed by atoms with E-state index in [0.29, 0.717) is 6.42 Å². The van der Waals surface area contributed by atoms with Gasteiger partial charge in [-0.1, -0.05) is 27.7 Å². The number of likely N-dealkylation sites (tertiary alicyclic amines) is 2. The summed E-state index contributed by atoms with van der Waals surface area (Å²) in [7, 11) is 2.88. The molecule has 10 nitrogen and oxygen atoms in total. The zero-order valence-corrected chi connectivity index (χ0v) is 20.3. The minimum absolute atomic E-state index is 0.0556. The summed E-state index contributed by atoms with van der Waals surface area (Å²) in [5, 5.41) is 2.53. The maximum atomic E-state index is 12.7. The number of hydrogen-bond donors (Lipinski definition) is 1. The van der Waals surface area contributed by atoms with Gasteiger partial charge in [-0.3, -0.25) is 33.8 Å². The van der Waals surface area contributed by atoms with Crippen LogP contribution in [-0.2, 0) is 28.7 Å². The molecule has 0 spiro atoms. The summed E-state index contributed by atoms with van der Waals surface area (Å²) in [4.78, 5) is 72.4. The molecule has 0 aliphatic carbocycles. The van der Waals surface area contributed by atoms with Crippen molar-refractivity contribution in [2.75, 3.05) is 14.1 Å². The van der Waals surface area contributed by atoms with Gasteiger partial charge in [0.15, 0.2) is 5.78 Å². The number of nitrogens with zero attached hydrogens (tertiary/aromatic N) is 2. The molecular weight excluding hydrogens is 418 g/mol. The van der Waals surface area contributed by atoms with Gasteiger partial charge in [-0.15, -0.1) is 0 Å². The Bertz CT molecular complexity index is 800. The molecule has 2 fully saturated rings. The maximum Gasteiger partial charge on any atom is 0.408 e. The van der Waals surface area contributed by atoms with Crippen LogP contribution in [0.5, 0.6) is 0 Å². The highest BCUT2D eigenvalue weighted by molar-refractivity contribution is 6.16. The van der Waals surface area contributed by atoms with E-state index in [0.717, 1.165) is 4.90 Å². The molecule has 32 heavy (non-hydrogen) atoms. The Labute approximate surface area is 189 Å². The number of ketones is 1. The lowest BCUT2D eigenvalue weighted by atomic mass is 9.85. The van der Waals surface area contributed by atoms with Crippen LogP contribution in [0.1, 0.15) is 54.9 Å². The van der Waals surface area contributed by atoms with Crippen molar-refractivity contribution in [3.63, 3.8) is 0 Å². The summed E-state index contributed by atoms with van der Waals surface area (Å²) in [6.45, 7) is 12.0. The Hall–Kier alpha value is -2.78. The lowest BCUT2D eigenvalue weighted by molar-refractivity contribution is -0.140. The summed E-state index contributed by atoms with van der Waals surface area (Å²) in [5.74, 6) is -3.60. The molecule has 180 valence electrons. The third-order valence-corrected chi connectivity index (χ3v) is 5.38. The zero-order valence-electron chi connectivity index (χ0n) is 20.3. The van der Waals surface area contributed by atoms with Crippen LogP contribution < -0.4 is 5.32 Å². The summed E-state index contributed by atoms with van der Waals surface area (Å²) >= 11 is 0. The monoisotopic (exact) mass is 453 g/mol. The van der Waals surface area contributed by atoms with E-state index in [2.05, 4.69) is 5.32 Å². The summed E-state index contributed by atoms with van der Waals surface area (Å²) in [6, 6.07) is -0.888. The van der Waals surface area contributed by atoms with E-state index < -0.39 is 41.3 Å². The Morgan fingerprint density at radius 3 is 1.78 bits per heavy atom. The minimum atomic E-state index is -1.06. The fourth-order valence-corrected chi connectivity index (χ4v) is 3.48. The van der Waals surface area contributed by atoms with Crippen molar-refractivity contribution < 1.29 is 33.5 Å². The van der Waals surface area contributed by atoms with E-state index in [9.17, 15) is 28.8 Å². The number of amides is 5. The molecular formula is C22H35N3O7. The zero-order chi connectivity index (χ0) is 25.1. The summed E-state index contributed by atoms with van der Waals surface area (Å²) < 4.78 is 5.16. The van der Waals surface area contributed by atoms with E-state index in [-0.39, 0.29) is 29.6 Å². The Morgan fingerprint density at radius 1 is 0.969 bits per heavy atom. The van der Waals surface area contributed by atoms with Gasteiger partial charge in [0.25, 0.3) is 0 Å². The van der Waals surface area contributed by atoms with Crippen molar-refractivity contribution in [3.05, 3.63) is 0 Å². The average Bonchev–Trinajstić information content (AvgIpc) is 2.99. The molecule has 0 radical (unpaired) electrons. The number of hydrogen-bond acceptors (Lipinski definition) is 7. The number of carbonyl (C=O) groups excluding carboxylic acids is 6. The Morgan fingerprint density at radius 2 is 1.50 bits per heavy atom. The second-order valence-electron chi connectivity index (χ2n) is 9.67. The number of Topliss-reactive ketones (excluding diaryl/α,β-unsaturated/α-hetero) is 1. The average molecular weight is 454 g/mol. The first kappa shape index (κ1) is 27.3. The first-order valence-electron chi connectivity index (χ1n) is 10.6. The Balaban J connectivity index is 0.000000471. The molecule has 0 aromatic carbocycles. The van der Waals surface area contributed by atoms with Crippen molar-refractivity contribution in [3.8, 4) is 0 Å². The lowest BCUT2D eigenvalue weighted by Crippen LogP contribution is -2.50. The molecule has 10 heteroatoms. The highest BCUT2D eigenvalue weighted by atomic mass is 16.6. The van der Waals surface area contributed by atoms with E-state index >= 15 is 0 Å². The minimum Gasteiger partial charge on any atom is -0.444 e. The van der Waals surface area contributed by atoms with Gasteiger partial charge in [0.05, 0.1) is 12.0 Å². The van der Waals surface area contributed by atoms with Gasteiger partial charge in [-0.2, -0.15) is 0 Å². The van der Waals surface area contributed by atoms with Crippen LogP contribution in [0.25, 0.3) is 0 Å². The highest BCUT2D eigenvalue weighted by Crippen LogP contribution is 2.28. The molecule has 0 bridgehead atoms. The van der Waals surface area contributed by atoms with Crippen LogP contribution in [0.4, 0.5) is 4.79 Å². The topological polar surface area (TPSA) is 130 Å². The Kier molecular flexibility index (Phi) is 8.71. The molecule has 2 rings (SSSR count). The number of imide groups is 2. The van der Waals surface area contributed by atoms with Gasteiger partial charge in [-0.05, 0) is 26.7 Å². The molecule has 5 amide bonds. The molecule has 0 aromatic heterocycles. The third-order valence-electron chi connectivity index (χ3n) is 5.38. The molecule has 2 aliphatic heterocycles. The summed E-state index contributed by atoms with van der Waals surface area (Å²) in [6.07, 6.45) is -0.336. The van der Waals surface area contributed by atoms with Crippen molar-refractivity contribution in [1.29, 1.82) is 0 Å². The van der Waals surface area contributed by atoms with Crippen LogP contribution in [0, 0.1) is 23.7 Å². The van der Waals surface area contributed by atoms with Crippen molar-refractivity contribution in [1.82, 2.24) is 15.1 Å². The molecule has 4 atom stereocenters. The second kappa shape index (κ2) is 10.2. The summed E-state index contributed by atoms with van der Waals surface area (Å²) in [5.41, 5.74) is -0.693. The first-order chi connectivity index (χ1) is 14.5. The SMILES string of the molecule is CC(C)[C@H](NC(=O)OC(C)(C)C)C(=O)[C@@H]1C(=O)N(C)C(=O)[C@H]1C.C[C@H]1CC(=O)N(C)C1=O. The highest BCUT2D eigenvalue weighted by Gasteiger charge is 2.49. The smallest absolute Gasteiger partial charge is 0.408 e. The van der Waals surface area contributed by atoms with Gasteiger partial charge < -0.3 is 10.1 Å². The van der Waals surface area contributed by atoms with Crippen LogP contribution in [-0.4, -0.2) is 71.0 Å². The largest absolute Gasteiger partial charge is 0.444 e. The number of ether oxygens (including phenoxy) is 1. The van der Waals surface area contributed by atoms with E-state index in [1.54, 1.807) is 48.5 Å². The maximum absolute atomic E-state index is 12.7. The standard InChI is InChI=1S/C16H26N2O5.C6H9NO2/c1-8(2)11(17-15(22)23-16(4,5)6)12(19)10-9(3)13(20)18(7)14(10)21;1-4-3-5(8)7(2)6(4)9/h8-11H,1-7H3,(H,17,22);4H,3H2,1-2H3/t9-,10+,11-;4-/m00/s1. The fraction of sp³-hybridized carbons (Fsp3) is 0.727. The van der Waals surface area contributed by atoms with Gasteiger partial charge in [0.1, 0.15) is 11.5 Å². The molecule has 0 aromatic rings. The predicted octanol–water partition coefficient (Wildman–Crippen LogP) is 1.37. The molecule has 0 saturated carbocycles. The third kappa shape index (κ3) is 6.37. The van der Waals surface area contributed by atoms with E-state index in [1.165, 1.54) is 19.0 Å². The number of carbonyl (C=O) groups is 6. The van der Waals surface area contributed by atoms with Crippen molar-refractivity contribution >= 4 is 35.5 Å². The quantitative estimate of drug-likeness (QED) is 0.502. The second-order valence-corrected chi connectivity index (χ2v) is 9.67. The number of alkyl carbamates (subject to hydrolysis) is 1. The van der Waals surface area contributed by atoms with Crippen molar-refractivity contribution in [2.24, 2.45) is 23.7 Å². The molecule has 2 heterocycles. The van der Waals surface area contributed by atoms with E-state index in [4.69, 9.17) is 4.74 Å². The molecule has 2 aliphatic rings. The molecule has 0 unspecified atom stereocenters. The molecule has 1 N–H and O–H groups in total. The van der Waals surface area contributed by atoms with E-state index in [1.807, 2.05) is 0 Å². The van der Waals surface area contributed by atoms with Crippen LogP contribution in [0.2, 0.25) is 0 Å².